The van der Waals surface area contributed by atoms with E-state index in [1.165, 1.54) is 5.56 Å². The number of nitrogens with zero attached hydrogens (tertiary/aromatic N) is 2. The fraction of sp³-hybridized carbons (Fsp3) is 0.250. The van der Waals surface area contributed by atoms with Crippen LogP contribution in [0.1, 0.15) is 27.3 Å². The molecule has 1 saturated heterocycles. The summed E-state index contributed by atoms with van der Waals surface area (Å²) in [5.74, 6) is 2.78. The quantitative estimate of drug-likeness (QED) is 0.682. The van der Waals surface area contributed by atoms with Gasteiger partial charge in [0.1, 0.15) is 11.9 Å². The first-order valence-electron chi connectivity index (χ1n) is 10.1. The molecule has 0 spiro atoms. The maximum absolute atomic E-state index is 12.7. The van der Waals surface area contributed by atoms with Crippen LogP contribution >= 0.6 is 11.8 Å². The Bertz CT molecular complexity index is 1110. The Balaban J connectivity index is 1.30. The molecular weight excluding hydrogens is 394 g/mol. The average Bonchev–Trinajstić information content (AvgIpc) is 3.04. The molecule has 2 aliphatic rings. The number of benzene rings is 2. The number of para-hydroxylation sites is 1. The number of amides is 1. The summed E-state index contributed by atoms with van der Waals surface area (Å²) in [6.45, 7) is 3.08. The van der Waals surface area contributed by atoms with E-state index in [1.54, 1.807) is 0 Å². The van der Waals surface area contributed by atoms with Crippen LogP contribution in [0.3, 0.4) is 0 Å². The van der Waals surface area contributed by atoms with Crippen LogP contribution < -0.4 is 10.1 Å². The van der Waals surface area contributed by atoms with E-state index in [0.717, 1.165) is 40.0 Å². The number of rotatable bonds is 5. The number of fused-ring (bicyclic) bond motifs is 3. The van der Waals surface area contributed by atoms with Crippen LogP contribution in [-0.2, 0) is 6.54 Å². The summed E-state index contributed by atoms with van der Waals surface area (Å²) in [4.78, 5) is 17.5. The zero-order valence-corrected chi connectivity index (χ0v) is 17.6. The first kappa shape index (κ1) is 19.0. The van der Waals surface area contributed by atoms with Gasteiger partial charge in [0.15, 0.2) is 0 Å². The first-order chi connectivity index (χ1) is 14.7. The Morgan fingerprint density at radius 2 is 1.93 bits per heavy atom. The van der Waals surface area contributed by atoms with E-state index in [-0.39, 0.29) is 5.91 Å². The molecule has 2 aliphatic heterocycles. The van der Waals surface area contributed by atoms with Crippen LogP contribution in [0.5, 0.6) is 5.75 Å². The summed E-state index contributed by atoms with van der Waals surface area (Å²) < 4.78 is 8.07. The predicted octanol–water partition coefficient (Wildman–Crippen LogP) is 4.01. The molecule has 0 aliphatic carbocycles. The summed E-state index contributed by atoms with van der Waals surface area (Å²) in [7, 11) is 0. The highest BCUT2D eigenvalue weighted by molar-refractivity contribution is 8.00. The Hall–Kier alpha value is -2.99. The van der Waals surface area contributed by atoms with Crippen LogP contribution in [-0.4, -0.2) is 40.3 Å². The molecule has 152 valence electrons. The summed E-state index contributed by atoms with van der Waals surface area (Å²) in [5.41, 5.74) is 6.02. The molecule has 0 atom stereocenters. The zero-order chi connectivity index (χ0) is 20.5. The fourth-order valence-corrected chi connectivity index (χ4v) is 4.34. The van der Waals surface area contributed by atoms with Crippen LogP contribution in [0.4, 0.5) is 0 Å². The van der Waals surface area contributed by atoms with Gasteiger partial charge in [0.05, 0.1) is 30.2 Å². The van der Waals surface area contributed by atoms with Gasteiger partial charge in [0.2, 0.25) is 0 Å². The number of aromatic nitrogens is 1. The second kappa shape index (κ2) is 8.03. The van der Waals surface area contributed by atoms with Gasteiger partial charge in [-0.05, 0) is 55.0 Å². The van der Waals surface area contributed by atoms with Gasteiger partial charge >= 0.3 is 0 Å². The lowest BCUT2D eigenvalue weighted by Crippen LogP contribution is -2.31. The minimum Gasteiger partial charge on any atom is -0.489 e. The second-order valence-electron chi connectivity index (χ2n) is 7.57. The van der Waals surface area contributed by atoms with Crippen molar-refractivity contribution in [1.82, 2.24) is 9.88 Å². The number of thioether (sulfide) groups is 1. The summed E-state index contributed by atoms with van der Waals surface area (Å²) >= 11 is 1.88. The molecule has 1 amide bonds. The lowest BCUT2D eigenvalue weighted by molar-refractivity contribution is 0.0959. The lowest BCUT2D eigenvalue weighted by atomic mass is 10.1. The molecule has 3 heterocycles. The third kappa shape index (κ3) is 3.63. The molecule has 1 N–H and O–H groups in total. The van der Waals surface area contributed by atoms with E-state index in [2.05, 4.69) is 41.1 Å². The first-order valence-corrected chi connectivity index (χ1v) is 11.3. The number of nitrogens with one attached hydrogen (secondary N) is 1. The lowest BCUT2D eigenvalue weighted by Gasteiger charge is -2.25. The predicted molar refractivity (Wildman–Crippen MR) is 121 cm³/mol. The van der Waals surface area contributed by atoms with E-state index in [4.69, 9.17) is 9.73 Å². The van der Waals surface area contributed by atoms with Crippen molar-refractivity contribution in [1.29, 1.82) is 0 Å². The molecule has 30 heavy (non-hydrogen) atoms. The van der Waals surface area contributed by atoms with E-state index in [1.807, 2.05) is 48.2 Å². The average molecular weight is 418 g/mol. The third-order valence-electron chi connectivity index (χ3n) is 5.49. The number of carbonyl (C=O) groups excluding carboxylic acids is 1. The number of carbonyl (C=O) groups is 1. The maximum Gasteiger partial charge on any atom is 0.251 e. The van der Waals surface area contributed by atoms with E-state index >= 15 is 0 Å². The van der Waals surface area contributed by atoms with Gasteiger partial charge < -0.3 is 14.6 Å². The molecule has 0 radical (unpaired) electrons. The van der Waals surface area contributed by atoms with E-state index in [9.17, 15) is 4.79 Å². The van der Waals surface area contributed by atoms with Crippen molar-refractivity contribution in [3.8, 4) is 11.4 Å². The molecule has 5 rings (SSSR count). The normalized spacial score (nSPS) is 15.3. The molecule has 0 bridgehead atoms. The number of hydrogen-bond acceptors (Lipinski definition) is 4. The molecule has 0 saturated carbocycles. The Morgan fingerprint density at radius 1 is 1.13 bits per heavy atom. The minimum absolute atomic E-state index is 0.111. The highest BCUT2D eigenvalue weighted by Crippen LogP contribution is 2.25. The van der Waals surface area contributed by atoms with Gasteiger partial charge in [-0.1, -0.05) is 18.2 Å². The summed E-state index contributed by atoms with van der Waals surface area (Å²) in [6.07, 6.45) is 0.298. The van der Waals surface area contributed by atoms with E-state index < -0.39 is 0 Å². The van der Waals surface area contributed by atoms with Gasteiger partial charge in [-0.3, -0.25) is 9.79 Å². The van der Waals surface area contributed by atoms with Crippen LogP contribution in [0.15, 0.2) is 65.7 Å². The SMILES string of the molecule is Cc1ccc2n1-c1ccccc1CN=C2CNC(=O)c1ccc(OC2CSC2)cc1. The van der Waals surface area contributed by atoms with Crippen molar-refractivity contribution in [2.75, 3.05) is 18.1 Å². The number of hydrogen-bond donors (Lipinski definition) is 1. The molecule has 3 aromatic rings. The van der Waals surface area contributed by atoms with E-state index in [0.29, 0.717) is 24.8 Å². The van der Waals surface area contributed by atoms with Crippen molar-refractivity contribution >= 4 is 23.4 Å². The van der Waals surface area contributed by atoms with Crippen molar-refractivity contribution in [2.45, 2.75) is 19.6 Å². The van der Waals surface area contributed by atoms with Crippen LogP contribution in [0.25, 0.3) is 5.69 Å². The van der Waals surface area contributed by atoms with Crippen molar-refractivity contribution in [2.24, 2.45) is 4.99 Å². The zero-order valence-electron chi connectivity index (χ0n) is 16.8. The molecule has 5 nitrogen and oxygen atoms in total. The van der Waals surface area contributed by atoms with Crippen LogP contribution in [0, 0.1) is 6.92 Å². The second-order valence-corrected chi connectivity index (χ2v) is 8.65. The number of aliphatic imine (C=N–C) groups is 1. The van der Waals surface area contributed by atoms with Gasteiger partial charge in [0, 0.05) is 22.8 Å². The Kier molecular flexibility index (Phi) is 5.09. The minimum atomic E-state index is -0.111. The maximum atomic E-state index is 12.7. The topological polar surface area (TPSA) is 55.6 Å². The highest BCUT2D eigenvalue weighted by Gasteiger charge is 2.21. The summed E-state index contributed by atoms with van der Waals surface area (Å²) in [5, 5.41) is 3.03. The van der Waals surface area contributed by atoms with Gasteiger partial charge in [-0.2, -0.15) is 11.8 Å². The van der Waals surface area contributed by atoms with Gasteiger partial charge in [0.25, 0.3) is 5.91 Å². The molecular formula is C24H23N3O2S. The summed E-state index contributed by atoms with van der Waals surface area (Å²) in [6, 6.07) is 19.8. The molecule has 6 heteroatoms. The van der Waals surface area contributed by atoms with Crippen molar-refractivity contribution < 1.29 is 9.53 Å². The molecule has 1 aromatic heterocycles. The van der Waals surface area contributed by atoms with Gasteiger partial charge in [-0.25, -0.2) is 0 Å². The monoisotopic (exact) mass is 417 g/mol. The standard InChI is InChI=1S/C24H23N3O2S/c1-16-6-11-23-21(25-12-18-4-2-3-5-22(18)27(16)23)13-26-24(28)17-7-9-19(10-8-17)29-20-14-30-15-20/h2-11,20H,12-15H2,1H3,(H,26,28). The Morgan fingerprint density at radius 3 is 2.70 bits per heavy atom. The smallest absolute Gasteiger partial charge is 0.251 e. The molecule has 0 unspecified atom stereocenters. The van der Waals surface area contributed by atoms with Gasteiger partial charge in [-0.15, -0.1) is 0 Å². The molecule has 1 fully saturated rings. The largest absolute Gasteiger partial charge is 0.489 e. The van der Waals surface area contributed by atoms with Crippen molar-refractivity contribution in [3.05, 3.63) is 83.2 Å². The third-order valence-corrected chi connectivity index (χ3v) is 6.70. The number of aryl methyl sites for hydroxylation is 1. The molecule has 2 aromatic carbocycles. The highest BCUT2D eigenvalue weighted by atomic mass is 32.2. The number of ether oxygens (including phenoxy) is 1. The fourth-order valence-electron chi connectivity index (χ4n) is 3.78. The van der Waals surface area contributed by atoms with Crippen LogP contribution in [0.2, 0.25) is 0 Å². The van der Waals surface area contributed by atoms with Crippen molar-refractivity contribution in [3.63, 3.8) is 0 Å². The Labute approximate surface area is 180 Å².